The van der Waals surface area contributed by atoms with Crippen molar-refractivity contribution in [2.45, 2.75) is 25.8 Å². The maximum atomic E-state index is 11.8. The van der Waals surface area contributed by atoms with Gasteiger partial charge >= 0.3 is 0 Å². The lowest BCUT2D eigenvalue weighted by molar-refractivity contribution is -0.385. The number of rotatable bonds is 7. The number of pyridine rings is 1. The van der Waals surface area contributed by atoms with Crippen molar-refractivity contribution < 1.29 is 9.66 Å². The van der Waals surface area contributed by atoms with Crippen LogP contribution < -0.4 is 5.56 Å². The summed E-state index contributed by atoms with van der Waals surface area (Å²) in [4.78, 5) is 21.9. The average Bonchev–Trinajstić information content (AvgIpc) is 2.40. The number of hydrogen-bond acceptors (Lipinski definition) is 5. The number of aryl methyl sites for hydroxylation is 1. The van der Waals surface area contributed by atoms with Crippen molar-refractivity contribution in [2.75, 3.05) is 13.7 Å². The van der Waals surface area contributed by atoms with E-state index in [1.165, 1.54) is 10.8 Å². The van der Waals surface area contributed by atoms with Gasteiger partial charge < -0.3 is 9.30 Å². The minimum atomic E-state index is -0.609. The number of hydrogen-bond donors (Lipinski definition) is 0. The van der Waals surface area contributed by atoms with E-state index in [4.69, 9.17) is 10.00 Å². The number of nitro groups is 1. The second-order valence-electron chi connectivity index (χ2n) is 4.03. The van der Waals surface area contributed by atoms with Gasteiger partial charge in [0.2, 0.25) is 0 Å². The molecule has 0 aliphatic carbocycles. The Morgan fingerprint density at radius 1 is 1.47 bits per heavy atom. The molecule has 0 atom stereocenters. The first-order chi connectivity index (χ1) is 9.10. The third kappa shape index (κ3) is 4.19. The van der Waals surface area contributed by atoms with Crippen molar-refractivity contribution in [1.82, 2.24) is 4.57 Å². The Hall–Kier alpha value is -2.20. The number of nitriles is 1. The summed E-state index contributed by atoms with van der Waals surface area (Å²) in [7, 11) is 1.62. The van der Waals surface area contributed by atoms with Crippen LogP contribution in [0.3, 0.4) is 0 Å². The summed E-state index contributed by atoms with van der Waals surface area (Å²) in [5, 5.41) is 19.5. The van der Waals surface area contributed by atoms with Crippen molar-refractivity contribution >= 4 is 5.69 Å². The average molecular weight is 265 g/mol. The molecule has 1 heterocycles. The molecule has 1 aromatic rings. The van der Waals surface area contributed by atoms with E-state index in [1.54, 1.807) is 13.2 Å². The molecule has 0 aliphatic heterocycles. The van der Waals surface area contributed by atoms with E-state index in [-0.39, 0.29) is 11.3 Å². The lowest BCUT2D eigenvalue weighted by Gasteiger charge is -2.06. The number of ether oxygens (including phenoxy) is 1. The van der Waals surface area contributed by atoms with Crippen molar-refractivity contribution in [1.29, 1.82) is 5.26 Å². The van der Waals surface area contributed by atoms with Crippen LogP contribution in [0.1, 0.15) is 24.8 Å². The smallest absolute Gasteiger partial charge is 0.287 e. The maximum absolute atomic E-state index is 11.8. The van der Waals surface area contributed by atoms with Gasteiger partial charge in [-0.15, -0.1) is 0 Å². The zero-order valence-corrected chi connectivity index (χ0v) is 10.7. The predicted molar refractivity (Wildman–Crippen MR) is 67.8 cm³/mol. The molecule has 0 radical (unpaired) electrons. The lowest BCUT2D eigenvalue weighted by Crippen LogP contribution is -2.22. The van der Waals surface area contributed by atoms with Crippen LogP contribution in [0.25, 0.3) is 0 Å². The molecule has 0 aromatic carbocycles. The summed E-state index contributed by atoms with van der Waals surface area (Å²) in [6.07, 6.45) is 3.60. The molecule has 0 amide bonds. The van der Waals surface area contributed by atoms with Crippen LogP contribution in [-0.2, 0) is 11.3 Å². The SMILES string of the molecule is COCCCCCn1cc([N+](=O)[O-])cc(C#N)c1=O. The first-order valence-electron chi connectivity index (χ1n) is 5.88. The topological polar surface area (TPSA) is 98.2 Å². The highest BCUT2D eigenvalue weighted by Gasteiger charge is 2.13. The molecule has 0 fully saturated rings. The highest BCUT2D eigenvalue weighted by molar-refractivity contribution is 5.37. The van der Waals surface area contributed by atoms with Gasteiger partial charge in [-0.05, 0) is 19.3 Å². The molecular formula is C12H15N3O4. The minimum absolute atomic E-state index is 0.203. The van der Waals surface area contributed by atoms with Gasteiger partial charge in [0.05, 0.1) is 11.1 Å². The van der Waals surface area contributed by atoms with E-state index in [9.17, 15) is 14.9 Å². The van der Waals surface area contributed by atoms with Crippen LogP contribution in [0, 0.1) is 21.4 Å². The molecule has 0 bridgehead atoms. The number of aromatic nitrogens is 1. The summed E-state index contributed by atoms with van der Waals surface area (Å²) >= 11 is 0. The largest absolute Gasteiger partial charge is 0.385 e. The van der Waals surface area contributed by atoms with Crippen LogP contribution in [0.15, 0.2) is 17.1 Å². The fraction of sp³-hybridized carbons (Fsp3) is 0.500. The molecule has 0 saturated heterocycles. The van der Waals surface area contributed by atoms with Crippen LogP contribution >= 0.6 is 0 Å². The van der Waals surface area contributed by atoms with Crippen molar-refractivity contribution in [3.63, 3.8) is 0 Å². The Labute approximate surface area is 110 Å². The molecule has 0 spiro atoms. The fourth-order valence-corrected chi connectivity index (χ4v) is 1.67. The zero-order chi connectivity index (χ0) is 14.3. The Kier molecular flexibility index (Phi) is 5.70. The van der Waals surface area contributed by atoms with Gasteiger partial charge in [0.1, 0.15) is 11.6 Å². The van der Waals surface area contributed by atoms with Crippen molar-refractivity contribution in [3.05, 3.63) is 38.3 Å². The first kappa shape index (κ1) is 14.9. The molecule has 1 rings (SSSR count). The van der Waals surface area contributed by atoms with Crippen LogP contribution in [-0.4, -0.2) is 23.2 Å². The van der Waals surface area contributed by atoms with Gasteiger partial charge in [0, 0.05) is 26.3 Å². The second-order valence-corrected chi connectivity index (χ2v) is 4.03. The molecule has 1 aromatic heterocycles. The summed E-state index contributed by atoms with van der Waals surface area (Å²) in [6, 6.07) is 2.69. The van der Waals surface area contributed by atoms with Crippen LogP contribution in [0.5, 0.6) is 0 Å². The van der Waals surface area contributed by atoms with E-state index >= 15 is 0 Å². The molecule has 102 valence electrons. The highest BCUT2D eigenvalue weighted by atomic mass is 16.6. The normalized spacial score (nSPS) is 10.1. The quantitative estimate of drug-likeness (QED) is 0.422. The van der Waals surface area contributed by atoms with Gasteiger partial charge in [-0.3, -0.25) is 14.9 Å². The van der Waals surface area contributed by atoms with Crippen molar-refractivity contribution in [2.24, 2.45) is 0 Å². The van der Waals surface area contributed by atoms with E-state index in [1.807, 2.05) is 0 Å². The number of methoxy groups -OCH3 is 1. The third-order valence-electron chi connectivity index (χ3n) is 2.65. The Balaban J connectivity index is 2.82. The maximum Gasteiger partial charge on any atom is 0.287 e. The minimum Gasteiger partial charge on any atom is -0.385 e. The Morgan fingerprint density at radius 3 is 2.79 bits per heavy atom. The van der Waals surface area contributed by atoms with E-state index in [0.717, 1.165) is 18.9 Å². The molecule has 0 unspecified atom stereocenters. The molecule has 7 nitrogen and oxygen atoms in total. The Bertz CT molecular complexity index is 545. The summed E-state index contributed by atoms with van der Waals surface area (Å²) in [5.41, 5.74) is -0.932. The first-order valence-corrected chi connectivity index (χ1v) is 5.88. The van der Waals surface area contributed by atoms with Crippen molar-refractivity contribution in [3.8, 4) is 6.07 Å². The van der Waals surface area contributed by atoms with Gasteiger partial charge in [-0.2, -0.15) is 5.26 Å². The van der Waals surface area contributed by atoms with Gasteiger partial charge in [-0.1, -0.05) is 0 Å². The monoisotopic (exact) mass is 265 g/mol. The Morgan fingerprint density at radius 2 is 2.21 bits per heavy atom. The number of unbranched alkanes of at least 4 members (excludes halogenated alkanes) is 2. The van der Waals surface area contributed by atoms with Gasteiger partial charge in [0.15, 0.2) is 0 Å². The van der Waals surface area contributed by atoms with E-state index in [2.05, 4.69) is 0 Å². The summed E-state index contributed by atoms with van der Waals surface area (Å²) in [5.74, 6) is 0. The fourth-order valence-electron chi connectivity index (χ4n) is 1.67. The summed E-state index contributed by atoms with van der Waals surface area (Å²) in [6.45, 7) is 1.01. The standard InChI is InChI=1S/C12H15N3O4/c1-19-6-4-2-3-5-14-9-11(15(17)18)7-10(8-13)12(14)16/h7,9H,2-6H2,1H3. The third-order valence-corrected chi connectivity index (χ3v) is 2.65. The molecule has 19 heavy (non-hydrogen) atoms. The molecule has 7 heteroatoms. The molecular weight excluding hydrogens is 250 g/mol. The van der Waals surface area contributed by atoms with E-state index < -0.39 is 10.5 Å². The second kappa shape index (κ2) is 7.28. The highest BCUT2D eigenvalue weighted by Crippen LogP contribution is 2.10. The predicted octanol–water partition coefficient (Wildman–Crippen LogP) is 1.44. The van der Waals surface area contributed by atoms with Crippen LogP contribution in [0.2, 0.25) is 0 Å². The number of nitrogens with zero attached hydrogens (tertiary/aromatic N) is 3. The zero-order valence-electron chi connectivity index (χ0n) is 10.7. The van der Waals surface area contributed by atoms with Gasteiger partial charge in [0.25, 0.3) is 11.2 Å². The van der Waals surface area contributed by atoms with Gasteiger partial charge in [-0.25, -0.2) is 0 Å². The molecule has 0 aliphatic rings. The molecule has 0 saturated carbocycles. The van der Waals surface area contributed by atoms with Crippen LogP contribution in [0.4, 0.5) is 5.69 Å². The summed E-state index contributed by atoms with van der Waals surface area (Å²) < 4.78 is 6.13. The van der Waals surface area contributed by atoms with E-state index in [0.29, 0.717) is 19.6 Å². The lowest BCUT2D eigenvalue weighted by atomic mass is 10.2. The molecule has 0 N–H and O–H groups in total.